The van der Waals surface area contributed by atoms with Crippen LogP contribution in [-0.4, -0.2) is 38.3 Å². The molecular formula is C10H12N4O3. The van der Waals surface area contributed by atoms with E-state index in [4.69, 9.17) is 15.6 Å². The third kappa shape index (κ3) is 2.34. The van der Waals surface area contributed by atoms with Crippen LogP contribution in [0.3, 0.4) is 0 Å². The number of hydrogen-bond donors (Lipinski definition) is 2. The lowest BCUT2D eigenvalue weighted by Gasteiger charge is -2.10. The molecule has 2 rings (SSSR count). The quantitative estimate of drug-likeness (QED) is 0.763. The van der Waals surface area contributed by atoms with Crippen LogP contribution < -0.4 is 10.5 Å². The van der Waals surface area contributed by atoms with Crippen LogP contribution in [0.5, 0.6) is 5.88 Å². The van der Waals surface area contributed by atoms with Gasteiger partial charge in [0.1, 0.15) is 12.6 Å². The number of nitrogens with zero attached hydrogens (tertiary/aromatic N) is 3. The summed E-state index contributed by atoms with van der Waals surface area (Å²) < 4.78 is 6.82. The minimum Gasteiger partial charge on any atom is -0.480 e. The van der Waals surface area contributed by atoms with E-state index < -0.39 is 12.0 Å². The highest BCUT2D eigenvalue weighted by Gasteiger charge is 2.13. The maximum Gasteiger partial charge on any atom is 0.324 e. The van der Waals surface area contributed by atoms with Gasteiger partial charge in [-0.1, -0.05) is 0 Å². The fourth-order valence-electron chi connectivity index (χ4n) is 1.35. The highest BCUT2D eigenvalue weighted by atomic mass is 16.5. The maximum absolute atomic E-state index is 10.6. The third-order valence-corrected chi connectivity index (χ3v) is 2.18. The summed E-state index contributed by atoms with van der Waals surface area (Å²) in [6.07, 6.45) is 1.59. The van der Waals surface area contributed by atoms with Gasteiger partial charge < -0.3 is 15.6 Å². The summed E-state index contributed by atoms with van der Waals surface area (Å²) >= 11 is 0. The second kappa shape index (κ2) is 4.38. The van der Waals surface area contributed by atoms with Crippen molar-refractivity contribution in [3.63, 3.8) is 0 Å². The van der Waals surface area contributed by atoms with E-state index in [0.717, 1.165) is 5.69 Å². The van der Waals surface area contributed by atoms with Crippen molar-refractivity contribution in [1.29, 1.82) is 0 Å². The molecule has 3 N–H and O–H groups in total. The van der Waals surface area contributed by atoms with E-state index in [1.807, 2.05) is 6.92 Å². The first kappa shape index (κ1) is 11.3. The molecule has 0 spiro atoms. The molecular weight excluding hydrogens is 224 g/mol. The van der Waals surface area contributed by atoms with Gasteiger partial charge in [-0.3, -0.25) is 4.79 Å². The van der Waals surface area contributed by atoms with Gasteiger partial charge in [-0.2, -0.15) is 9.61 Å². The molecule has 2 aromatic rings. The average Bonchev–Trinajstić information content (AvgIpc) is 2.72. The Morgan fingerprint density at radius 3 is 3.18 bits per heavy atom. The van der Waals surface area contributed by atoms with Gasteiger partial charge in [0, 0.05) is 17.8 Å². The van der Waals surface area contributed by atoms with E-state index in [0.29, 0.717) is 11.5 Å². The number of carboxylic acid groups (broad SMARTS) is 1. The van der Waals surface area contributed by atoms with Crippen LogP contribution in [0.25, 0.3) is 5.65 Å². The summed E-state index contributed by atoms with van der Waals surface area (Å²) in [5.41, 5.74) is 6.76. The Labute approximate surface area is 96.8 Å². The molecule has 0 aliphatic carbocycles. The van der Waals surface area contributed by atoms with Crippen molar-refractivity contribution in [2.45, 2.75) is 13.0 Å². The first-order valence-electron chi connectivity index (χ1n) is 5.00. The number of fused-ring (bicyclic) bond motifs is 1. The van der Waals surface area contributed by atoms with E-state index in [1.54, 1.807) is 18.3 Å². The molecule has 7 nitrogen and oxygen atoms in total. The van der Waals surface area contributed by atoms with Crippen molar-refractivity contribution < 1.29 is 14.6 Å². The normalized spacial score (nSPS) is 12.6. The van der Waals surface area contributed by atoms with Crippen molar-refractivity contribution in [1.82, 2.24) is 14.6 Å². The number of aliphatic carboxylic acids is 1. The van der Waals surface area contributed by atoms with Crippen molar-refractivity contribution in [2.75, 3.05) is 6.61 Å². The van der Waals surface area contributed by atoms with Gasteiger partial charge in [0.05, 0.1) is 6.20 Å². The van der Waals surface area contributed by atoms with Crippen LogP contribution in [0.1, 0.15) is 5.69 Å². The number of carboxylic acids is 1. The van der Waals surface area contributed by atoms with Crippen LogP contribution in [-0.2, 0) is 4.79 Å². The van der Waals surface area contributed by atoms with Crippen molar-refractivity contribution in [3.05, 3.63) is 24.0 Å². The third-order valence-electron chi connectivity index (χ3n) is 2.18. The molecule has 0 aromatic carbocycles. The predicted octanol–water partition coefficient (Wildman–Crippen LogP) is -0.172. The van der Waals surface area contributed by atoms with Crippen LogP contribution in [0.2, 0.25) is 0 Å². The summed E-state index contributed by atoms with van der Waals surface area (Å²) in [4.78, 5) is 14.8. The zero-order valence-electron chi connectivity index (χ0n) is 9.20. The molecule has 1 atom stereocenters. The van der Waals surface area contributed by atoms with E-state index in [2.05, 4.69) is 10.1 Å². The molecule has 0 radical (unpaired) electrons. The minimum absolute atomic E-state index is 0.117. The second-order valence-corrected chi connectivity index (χ2v) is 3.59. The summed E-state index contributed by atoms with van der Waals surface area (Å²) in [6, 6.07) is 2.35. The molecule has 0 fully saturated rings. The molecule has 2 aromatic heterocycles. The summed E-state index contributed by atoms with van der Waals surface area (Å²) in [5.74, 6) is -0.679. The fourth-order valence-corrected chi connectivity index (χ4v) is 1.35. The van der Waals surface area contributed by atoms with Gasteiger partial charge in [0.2, 0.25) is 5.88 Å². The zero-order chi connectivity index (χ0) is 12.4. The van der Waals surface area contributed by atoms with E-state index in [-0.39, 0.29) is 6.61 Å². The second-order valence-electron chi connectivity index (χ2n) is 3.59. The standard InChI is InChI=1S/C10H12N4O3/c1-6-4-9(17-5-7(11)10(15)16)14-8(13-6)2-3-12-14/h2-4,7H,5,11H2,1H3,(H,15,16). The van der Waals surface area contributed by atoms with Crippen LogP contribution >= 0.6 is 0 Å². The first-order valence-corrected chi connectivity index (χ1v) is 5.00. The zero-order valence-corrected chi connectivity index (χ0v) is 9.20. The molecule has 0 aliphatic heterocycles. The largest absolute Gasteiger partial charge is 0.480 e. The van der Waals surface area contributed by atoms with Gasteiger partial charge in [0.25, 0.3) is 0 Å². The summed E-state index contributed by atoms with van der Waals surface area (Å²) in [5, 5.41) is 12.7. The van der Waals surface area contributed by atoms with Gasteiger partial charge in [-0.25, -0.2) is 4.98 Å². The molecule has 0 aliphatic rings. The SMILES string of the molecule is Cc1cc(OCC(N)C(=O)O)n2nccc2n1. The molecule has 0 amide bonds. The Balaban J connectivity index is 2.23. The van der Waals surface area contributed by atoms with Crippen molar-refractivity contribution in [2.24, 2.45) is 5.73 Å². The van der Waals surface area contributed by atoms with Gasteiger partial charge in [0.15, 0.2) is 5.65 Å². The van der Waals surface area contributed by atoms with Gasteiger partial charge >= 0.3 is 5.97 Å². The maximum atomic E-state index is 10.6. The van der Waals surface area contributed by atoms with E-state index in [9.17, 15) is 4.79 Å². The Bertz CT molecular complexity index is 551. The minimum atomic E-state index is -1.10. The highest BCUT2D eigenvalue weighted by Crippen LogP contribution is 2.14. The lowest BCUT2D eigenvalue weighted by atomic mass is 10.3. The van der Waals surface area contributed by atoms with Crippen LogP contribution in [0.4, 0.5) is 0 Å². The molecule has 2 heterocycles. The molecule has 0 saturated heterocycles. The summed E-state index contributed by atoms with van der Waals surface area (Å²) in [7, 11) is 0. The number of nitrogens with two attached hydrogens (primary N) is 1. The smallest absolute Gasteiger partial charge is 0.324 e. The molecule has 1 unspecified atom stereocenters. The van der Waals surface area contributed by atoms with Gasteiger partial charge in [-0.15, -0.1) is 0 Å². The first-order chi connectivity index (χ1) is 8.08. The Morgan fingerprint density at radius 1 is 1.71 bits per heavy atom. The van der Waals surface area contributed by atoms with E-state index >= 15 is 0 Å². The molecule has 7 heteroatoms. The highest BCUT2D eigenvalue weighted by molar-refractivity contribution is 5.73. The number of hydrogen-bond acceptors (Lipinski definition) is 5. The molecule has 0 bridgehead atoms. The molecule has 17 heavy (non-hydrogen) atoms. The number of aromatic nitrogens is 3. The lowest BCUT2D eigenvalue weighted by molar-refractivity contribution is -0.139. The fraction of sp³-hybridized carbons (Fsp3) is 0.300. The number of aryl methyl sites for hydroxylation is 1. The molecule has 0 saturated carbocycles. The van der Waals surface area contributed by atoms with Crippen LogP contribution in [0, 0.1) is 6.92 Å². The van der Waals surface area contributed by atoms with Crippen molar-refractivity contribution in [3.8, 4) is 5.88 Å². The van der Waals surface area contributed by atoms with Crippen molar-refractivity contribution >= 4 is 11.6 Å². The average molecular weight is 236 g/mol. The van der Waals surface area contributed by atoms with Gasteiger partial charge in [-0.05, 0) is 6.92 Å². The predicted molar refractivity (Wildman–Crippen MR) is 58.8 cm³/mol. The Kier molecular flexibility index (Phi) is 2.92. The van der Waals surface area contributed by atoms with Crippen LogP contribution in [0.15, 0.2) is 18.3 Å². The molecule has 90 valence electrons. The summed E-state index contributed by atoms with van der Waals surface area (Å²) in [6.45, 7) is 1.70. The number of ether oxygens (including phenoxy) is 1. The monoisotopic (exact) mass is 236 g/mol. The Hall–Kier alpha value is -2.15. The Morgan fingerprint density at radius 2 is 2.47 bits per heavy atom. The number of carbonyl (C=O) groups is 1. The lowest BCUT2D eigenvalue weighted by Crippen LogP contribution is -2.36. The topological polar surface area (TPSA) is 103 Å². The number of rotatable bonds is 4. The van der Waals surface area contributed by atoms with E-state index in [1.165, 1.54) is 4.52 Å².